The van der Waals surface area contributed by atoms with E-state index in [0.29, 0.717) is 11.3 Å². The Morgan fingerprint density at radius 2 is 2.29 bits per heavy atom. The largest absolute Gasteiger partial charge is 0.367 e. The van der Waals surface area contributed by atoms with Crippen LogP contribution in [0.2, 0.25) is 5.28 Å². The molecule has 2 aliphatic rings. The number of aromatic nitrogens is 2. The van der Waals surface area contributed by atoms with Gasteiger partial charge in [-0.05, 0) is 49.9 Å². The summed E-state index contributed by atoms with van der Waals surface area (Å²) in [5, 5.41) is 3.79. The maximum absolute atomic E-state index is 5.78. The maximum atomic E-state index is 5.78. The molecule has 0 radical (unpaired) electrons. The lowest BCUT2D eigenvalue weighted by molar-refractivity contribution is 0.188. The van der Waals surface area contributed by atoms with Gasteiger partial charge in [-0.15, -0.1) is 0 Å². The van der Waals surface area contributed by atoms with Crippen molar-refractivity contribution in [2.24, 2.45) is 0 Å². The Kier molecular flexibility index (Phi) is 3.16. The van der Waals surface area contributed by atoms with Crippen LogP contribution in [-0.2, 0) is 0 Å². The number of rotatable bonds is 2. The number of anilines is 1. The Morgan fingerprint density at radius 3 is 3.18 bits per heavy atom. The molecule has 2 saturated heterocycles. The van der Waals surface area contributed by atoms with Crippen molar-refractivity contribution in [1.29, 1.82) is 0 Å². The van der Waals surface area contributed by atoms with Gasteiger partial charge in [0.2, 0.25) is 5.28 Å². The van der Waals surface area contributed by atoms with Gasteiger partial charge in [-0.2, -0.15) is 0 Å². The molecule has 0 saturated carbocycles. The fraction of sp³-hybridized carbons (Fsp3) is 0.667. The van der Waals surface area contributed by atoms with Crippen molar-refractivity contribution >= 4 is 17.4 Å². The second-order valence-electron chi connectivity index (χ2n) is 4.91. The van der Waals surface area contributed by atoms with Crippen LogP contribution in [0.1, 0.15) is 25.7 Å². The zero-order valence-corrected chi connectivity index (χ0v) is 10.5. The molecule has 3 rings (SSSR count). The third-order valence-electron chi connectivity index (χ3n) is 3.80. The van der Waals surface area contributed by atoms with Gasteiger partial charge in [0, 0.05) is 24.8 Å². The summed E-state index contributed by atoms with van der Waals surface area (Å²) in [6, 6.07) is 3.19. The Bertz CT molecular complexity index is 398. The smallest absolute Gasteiger partial charge is 0.224 e. The predicted octanol–water partition coefficient (Wildman–Crippen LogP) is 2.17. The SMILES string of the molecule is Clc1nccc(NC2CCN3CCCC3C2)n1. The number of nitrogens with one attached hydrogen (secondary N) is 1. The average Bonchev–Trinajstić information content (AvgIpc) is 2.76. The van der Waals surface area contributed by atoms with Crippen LogP contribution in [-0.4, -0.2) is 40.0 Å². The van der Waals surface area contributed by atoms with Crippen molar-refractivity contribution in [1.82, 2.24) is 14.9 Å². The van der Waals surface area contributed by atoms with E-state index in [-0.39, 0.29) is 0 Å². The summed E-state index contributed by atoms with van der Waals surface area (Å²) in [5.41, 5.74) is 0. The molecule has 1 aromatic rings. The summed E-state index contributed by atoms with van der Waals surface area (Å²) in [5.74, 6) is 0.849. The minimum atomic E-state index is 0.313. The number of halogens is 1. The molecule has 17 heavy (non-hydrogen) atoms. The third kappa shape index (κ3) is 2.53. The van der Waals surface area contributed by atoms with Gasteiger partial charge in [-0.25, -0.2) is 9.97 Å². The van der Waals surface area contributed by atoms with E-state index >= 15 is 0 Å². The van der Waals surface area contributed by atoms with Gasteiger partial charge in [-0.3, -0.25) is 0 Å². The molecule has 2 aliphatic heterocycles. The molecule has 3 heterocycles. The number of hydrogen-bond acceptors (Lipinski definition) is 4. The van der Waals surface area contributed by atoms with E-state index in [1.165, 1.54) is 38.8 Å². The highest BCUT2D eigenvalue weighted by Crippen LogP contribution is 2.28. The van der Waals surface area contributed by atoms with Crippen molar-refractivity contribution < 1.29 is 0 Å². The highest BCUT2D eigenvalue weighted by molar-refractivity contribution is 6.28. The summed E-state index contributed by atoms with van der Waals surface area (Å²) >= 11 is 5.78. The van der Waals surface area contributed by atoms with Crippen molar-refractivity contribution in [3.05, 3.63) is 17.5 Å². The Balaban J connectivity index is 1.62. The standard InChI is InChI=1S/C12H17ClN4/c13-12-14-5-3-11(16-12)15-9-4-7-17-6-1-2-10(17)8-9/h3,5,9-10H,1-2,4,6-8H2,(H,14,15,16). The minimum absolute atomic E-state index is 0.313. The van der Waals surface area contributed by atoms with E-state index in [9.17, 15) is 0 Å². The quantitative estimate of drug-likeness (QED) is 0.819. The zero-order chi connectivity index (χ0) is 11.7. The Morgan fingerprint density at radius 1 is 1.35 bits per heavy atom. The van der Waals surface area contributed by atoms with Crippen LogP contribution in [0.3, 0.4) is 0 Å². The molecule has 5 heteroatoms. The van der Waals surface area contributed by atoms with Crippen molar-refractivity contribution in [3.8, 4) is 0 Å². The molecule has 0 aliphatic carbocycles. The molecular formula is C12H17ClN4. The molecular weight excluding hydrogens is 236 g/mol. The van der Waals surface area contributed by atoms with E-state index in [0.717, 1.165) is 11.9 Å². The molecule has 0 spiro atoms. The first-order chi connectivity index (χ1) is 8.31. The summed E-state index contributed by atoms with van der Waals surface area (Å²) in [6.07, 6.45) is 6.82. The average molecular weight is 253 g/mol. The second-order valence-corrected chi connectivity index (χ2v) is 5.25. The van der Waals surface area contributed by atoms with Crippen molar-refractivity contribution in [2.75, 3.05) is 18.4 Å². The fourth-order valence-electron chi connectivity index (χ4n) is 2.98. The summed E-state index contributed by atoms with van der Waals surface area (Å²) in [6.45, 7) is 2.50. The Labute approximate surface area is 106 Å². The van der Waals surface area contributed by atoms with Crippen molar-refractivity contribution in [2.45, 2.75) is 37.8 Å². The normalized spacial score (nSPS) is 29.0. The number of hydrogen-bond donors (Lipinski definition) is 1. The van der Waals surface area contributed by atoms with Gasteiger partial charge >= 0.3 is 0 Å². The first kappa shape index (κ1) is 11.2. The molecule has 0 bridgehead atoms. The summed E-state index contributed by atoms with van der Waals surface area (Å²) in [4.78, 5) is 10.7. The molecule has 4 nitrogen and oxygen atoms in total. The minimum Gasteiger partial charge on any atom is -0.367 e. The number of fused-ring (bicyclic) bond motifs is 1. The zero-order valence-electron chi connectivity index (χ0n) is 9.77. The first-order valence-corrected chi connectivity index (χ1v) is 6.68. The maximum Gasteiger partial charge on any atom is 0.224 e. The van der Waals surface area contributed by atoms with E-state index in [1.54, 1.807) is 6.20 Å². The van der Waals surface area contributed by atoms with E-state index in [2.05, 4.69) is 20.2 Å². The molecule has 0 amide bonds. The van der Waals surface area contributed by atoms with Gasteiger partial charge in [0.1, 0.15) is 5.82 Å². The summed E-state index contributed by atoms with van der Waals surface area (Å²) < 4.78 is 0. The van der Waals surface area contributed by atoms with Crippen LogP contribution in [0, 0.1) is 0 Å². The first-order valence-electron chi connectivity index (χ1n) is 6.30. The Hall–Kier alpha value is -0.870. The molecule has 2 atom stereocenters. The van der Waals surface area contributed by atoms with E-state index < -0.39 is 0 Å². The lowest BCUT2D eigenvalue weighted by Crippen LogP contribution is -2.42. The second kappa shape index (κ2) is 4.78. The lowest BCUT2D eigenvalue weighted by Gasteiger charge is -2.35. The molecule has 0 aromatic carbocycles. The van der Waals surface area contributed by atoms with Crippen molar-refractivity contribution in [3.63, 3.8) is 0 Å². The van der Waals surface area contributed by atoms with Crippen LogP contribution in [0.5, 0.6) is 0 Å². The van der Waals surface area contributed by atoms with E-state index in [4.69, 9.17) is 11.6 Å². The summed E-state index contributed by atoms with van der Waals surface area (Å²) in [7, 11) is 0. The number of piperidine rings is 1. The molecule has 2 fully saturated rings. The highest BCUT2D eigenvalue weighted by atomic mass is 35.5. The monoisotopic (exact) mass is 252 g/mol. The predicted molar refractivity (Wildman–Crippen MR) is 68.3 cm³/mol. The fourth-order valence-corrected chi connectivity index (χ4v) is 3.13. The van der Waals surface area contributed by atoms with Crippen LogP contribution in [0.15, 0.2) is 12.3 Å². The van der Waals surface area contributed by atoms with Gasteiger partial charge in [0.15, 0.2) is 0 Å². The molecule has 1 aromatic heterocycles. The molecule has 1 N–H and O–H groups in total. The third-order valence-corrected chi connectivity index (χ3v) is 3.98. The van der Waals surface area contributed by atoms with Gasteiger partial charge in [0.05, 0.1) is 0 Å². The van der Waals surface area contributed by atoms with Crippen LogP contribution in [0.4, 0.5) is 5.82 Å². The van der Waals surface area contributed by atoms with Crippen LogP contribution in [0.25, 0.3) is 0 Å². The lowest BCUT2D eigenvalue weighted by atomic mass is 9.98. The van der Waals surface area contributed by atoms with E-state index in [1.807, 2.05) is 6.07 Å². The van der Waals surface area contributed by atoms with Gasteiger partial charge < -0.3 is 10.2 Å². The van der Waals surface area contributed by atoms with Gasteiger partial charge in [0.25, 0.3) is 0 Å². The topological polar surface area (TPSA) is 41.1 Å². The van der Waals surface area contributed by atoms with Crippen LogP contribution >= 0.6 is 11.6 Å². The molecule has 2 unspecified atom stereocenters. The molecule has 92 valence electrons. The number of nitrogens with zero attached hydrogens (tertiary/aromatic N) is 3. The van der Waals surface area contributed by atoms with Gasteiger partial charge in [-0.1, -0.05) is 0 Å². The highest BCUT2D eigenvalue weighted by Gasteiger charge is 2.31. The van der Waals surface area contributed by atoms with Crippen LogP contribution < -0.4 is 5.32 Å².